The van der Waals surface area contributed by atoms with Crippen LogP contribution < -0.4 is 10.0 Å². The van der Waals surface area contributed by atoms with E-state index in [4.69, 9.17) is 9.84 Å². The summed E-state index contributed by atoms with van der Waals surface area (Å²) in [6, 6.07) is 8.08. The van der Waals surface area contributed by atoms with Crippen molar-refractivity contribution in [3.63, 3.8) is 0 Å². The number of rotatable bonds is 13. The number of fused-ring (bicyclic) bond motifs is 2. The highest BCUT2D eigenvalue weighted by atomic mass is 32.2. The molecule has 1 saturated carbocycles. The van der Waals surface area contributed by atoms with Gasteiger partial charge in [0.1, 0.15) is 0 Å². The molecule has 1 aliphatic carbocycles. The number of hydrogen-bond acceptors (Lipinski definition) is 5. The minimum Gasteiger partial charge on any atom is -0.396 e. The maximum absolute atomic E-state index is 12.4. The fraction of sp³-hybridized carbons (Fsp3) is 0.750. The average molecular weight is 453 g/mol. The Bertz CT molecular complexity index is 797. The third-order valence-corrected chi connectivity index (χ3v) is 8.77. The summed E-state index contributed by atoms with van der Waals surface area (Å²) in [6.45, 7) is 4.85. The van der Waals surface area contributed by atoms with Gasteiger partial charge in [-0.15, -0.1) is 0 Å². The number of unbranched alkanes of at least 4 members (excludes halogenated alkanes) is 2. The Balaban J connectivity index is 1.82. The molecule has 7 heteroatoms. The monoisotopic (exact) mass is 452 g/mol. The van der Waals surface area contributed by atoms with Crippen molar-refractivity contribution in [2.24, 2.45) is 17.3 Å². The summed E-state index contributed by atoms with van der Waals surface area (Å²) in [6.07, 6.45) is 7.96. The molecule has 4 atom stereocenters. The average Bonchev–Trinajstić information content (AvgIpc) is 2.98. The Hall–Kier alpha value is -1.15. The lowest BCUT2D eigenvalue weighted by Crippen LogP contribution is -2.49. The van der Waals surface area contributed by atoms with E-state index in [-0.39, 0.29) is 24.4 Å². The van der Waals surface area contributed by atoms with Gasteiger partial charge in [-0.1, -0.05) is 38.3 Å². The number of hydrogen-bond donors (Lipinski definition) is 3. The second-order valence-electron chi connectivity index (χ2n) is 9.36. The van der Waals surface area contributed by atoms with Crippen molar-refractivity contribution in [2.45, 2.75) is 57.8 Å². The van der Waals surface area contributed by atoms with Gasteiger partial charge in [-0.2, -0.15) is 0 Å². The molecule has 0 amide bonds. The van der Waals surface area contributed by atoms with Crippen LogP contribution in [-0.4, -0.2) is 52.7 Å². The zero-order valence-corrected chi connectivity index (χ0v) is 19.9. The third-order valence-electron chi connectivity index (χ3n) is 7.52. The molecule has 1 heterocycles. The van der Waals surface area contributed by atoms with E-state index in [1.165, 1.54) is 31.9 Å². The molecule has 1 aromatic rings. The molecule has 4 unspecified atom stereocenters. The van der Waals surface area contributed by atoms with Gasteiger partial charge in [0.05, 0.1) is 12.4 Å². The largest absolute Gasteiger partial charge is 0.396 e. The molecular formula is C24H40N2O4S. The number of benzene rings is 1. The summed E-state index contributed by atoms with van der Waals surface area (Å²) >= 11 is 0. The molecule has 0 radical (unpaired) electrons. The number of piperidine rings is 1. The number of aliphatic hydroxyl groups excluding tert-OH is 1. The normalized spacial score (nSPS) is 26.7. The number of methoxy groups -OCH3 is 1. The van der Waals surface area contributed by atoms with E-state index in [0.717, 1.165) is 38.8 Å². The lowest BCUT2D eigenvalue weighted by molar-refractivity contribution is 0.0877. The van der Waals surface area contributed by atoms with Crippen molar-refractivity contribution in [1.29, 1.82) is 0 Å². The molecule has 1 aliphatic heterocycles. The van der Waals surface area contributed by atoms with Crippen LogP contribution in [0.4, 0.5) is 5.69 Å². The van der Waals surface area contributed by atoms with Crippen LogP contribution in [0.1, 0.15) is 63.4 Å². The van der Waals surface area contributed by atoms with Gasteiger partial charge in [-0.05, 0) is 73.1 Å². The van der Waals surface area contributed by atoms with Crippen LogP contribution in [0.2, 0.25) is 0 Å². The first-order chi connectivity index (χ1) is 15.0. The van der Waals surface area contributed by atoms with E-state index in [9.17, 15) is 8.42 Å². The molecule has 2 aliphatic rings. The second kappa shape index (κ2) is 11.1. The van der Waals surface area contributed by atoms with Crippen molar-refractivity contribution < 1.29 is 18.3 Å². The van der Waals surface area contributed by atoms with Gasteiger partial charge in [0, 0.05) is 25.9 Å². The van der Waals surface area contributed by atoms with E-state index >= 15 is 0 Å². The van der Waals surface area contributed by atoms with Crippen molar-refractivity contribution in [3.8, 4) is 0 Å². The van der Waals surface area contributed by atoms with Crippen LogP contribution >= 0.6 is 0 Å². The highest BCUT2D eigenvalue weighted by molar-refractivity contribution is 7.92. The van der Waals surface area contributed by atoms with Crippen LogP contribution in [0.5, 0.6) is 0 Å². The lowest BCUT2D eigenvalue weighted by Gasteiger charge is -2.47. The first-order valence-electron chi connectivity index (χ1n) is 11.9. The molecular weight excluding hydrogens is 412 g/mol. The predicted molar refractivity (Wildman–Crippen MR) is 126 cm³/mol. The molecule has 176 valence electrons. The quantitative estimate of drug-likeness (QED) is 0.397. The summed E-state index contributed by atoms with van der Waals surface area (Å²) in [5.41, 5.74) is 2.15. The summed E-state index contributed by atoms with van der Waals surface area (Å²) in [7, 11) is -1.91. The maximum atomic E-state index is 12.4. The molecule has 0 spiro atoms. The Morgan fingerprint density at radius 1 is 1.32 bits per heavy atom. The third kappa shape index (κ3) is 5.81. The summed E-state index contributed by atoms with van der Waals surface area (Å²) in [5, 5.41) is 12.8. The standard InChI is InChI=1S/C24H40N2O4S/c1-3-21(9-5-4-6-13-27)24-12-11-20(17-25-18-24)23(24)19-8-7-10-22(16-19)26-31(28,29)15-14-30-2/h7-8,10,16,20-21,23,25-27H,3-6,9,11-15,17-18H2,1-2H3. The fourth-order valence-corrected chi connectivity index (χ4v) is 7.13. The fourth-order valence-electron chi connectivity index (χ4n) is 6.16. The van der Waals surface area contributed by atoms with Crippen LogP contribution in [-0.2, 0) is 14.8 Å². The van der Waals surface area contributed by atoms with E-state index < -0.39 is 10.0 Å². The second-order valence-corrected chi connectivity index (χ2v) is 11.2. The van der Waals surface area contributed by atoms with Gasteiger partial charge in [0.15, 0.2) is 0 Å². The minimum absolute atomic E-state index is 0.0423. The Morgan fingerprint density at radius 2 is 2.16 bits per heavy atom. The highest BCUT2D eigenvalue weighted by Crippen LogP contribution is 2.60. The smallest absolute Gasteiger partial charge is 0.234 e. The maximum Gasteiger partial charge on any atom is 0.234 e. The summed E-state index contributed by atoms with van der Waals surface area (Å²) < 4.78 is 32.4. The molecule has 0 aromatic heterocycles. The highest BCUT2D eigenvalue weighted by Gasteiger charge is 2.54. The lowest BCUT2D eigenvalue weighted by atomic mass is 9.61. The Morgan fingerprint density at radius 3 is 2.90 bits per heavy atom. The predicted octanol–water partition coefficient (Wildman–Crippen LogP) is 3.74. The summed E-state index contributed by atoms with van der Waals surface area (Å²) in [4.78, 5) is 0. The molecule has 2 fully saturated rings. The Kier molecular flexibility index (Phi) is 8.79. The van der Waals surface area contributed by atoms with Crippen LogP contribution in [0.25, 0.3) is 0 Å². The van der Waals surface area contributed by atoms with Gasteiger partial charge in [0.25, 0.3) is 0 Å². The van der Waals surface area contributed by atoms with E-state index in [2.05, 4.69) is 29.1 Å². The number of anilines is 1. The minimum atomic E-state index is -3.42. The number of aliphatic hydroxyl groups is 1. The van der Waals surface area contributed by atoms with Crippen molar-refractivity contribution in [1.82, 2.24) is 5.32 Å². The van der Waals surface area contributed by atoms with Gasteiger partial charge in [-0.25, -0.2) is 8.42 Å². The number of nitrogens with one attached hydrogen (secondary N) is 2. The van der Waals surface area contributed by atoms with E-state index in [0.29, 0.717) is 23.4 Å². The summed E-state index contributed by atoms with van der Waals surface area (Å²) in [5.74, 6) is 1.65. The van der Waals surface area contributed by atoms with Crippen molar-refractivity contribution >= 4 is 15.7 Å². The molecule has 2 bridgehead atoms. The molecule has 3 N–H and O–H groups in total. The topological polar surface area (TPSA) is 87.7 Å². The van der Waals surface area contributed by atoms with E-state index in [1.54, 1.807) is 0 Å². The van der Waals surface area contributed by atoms with Crippen LogP contribution in [0.15, 0.2) is 24.3 Å². The zero-order chi connectivity index (χ0) is 22.3. The molecule has 6 nitrogen and oxygen atoms in total. The van der Waals surface area contributed by atoms with Gasteiger partial charge in [0.2, 0.25) is 10.0 Å². The molecule has 1 aromatic carbocycles. The number of sulfonamides is 1. The van der Waals surface area contributed by atoms with Gasteiger partial charge in [-0.3, -0.25) is 4.72 Å². The number of ether oxygens (including phenoxy) is 1. The molecule has 3 rings (SSSR count). The molecule has 31 heavy (non-hydrogen) atoms. The first kappa shape index (κ1) is 24.5. The van der Waals surface area contributed by atoms with Crippen LogP contribution in [0, 0.1) is 17.3 Å². The van der Waals surface area contributed by atoms with E-state index in [1.807, 2.05) is 12.1 Å². The Labute approximate surface area is 188 Å². The molecule has 1 saturated heterocycles. The zero-order valence-electron chi connectivity index (χ0n) is 19.1. The SMILES string of the molecule is CCC(CCCCCO)C12CCC(CNC1)C2c1cccc(NS(=O)(=O)CCOC)c1. The van der Waals surface area contributed by atoms with Crippen LogP contribution in [0.3, 0.4) is 0 Å². The van der Waals surface area contributed by atoms with Gasteiger partial charge >= 0.3 is 0 Å². The van der Waals surface area contributed by atoms with Crippen molar-refractivity contribution in [2.75, 3.05) is 43.9 Å². The van der Waals surface area contributed by atoms with Gasteiger partial charge < -0.3 is 15.2 Å². The van der Waals surface area contributed by atoms with Crippen molar-refractivity contribution in [3.05, 3.63) is 29.8 Å². The first-order valence-corrected chi connectivity index (χ1v) is 13.5.